The predicted molar refractivity (Wildman–Crippen MR) is 114 cm³/mol. The van der Waals surface area contributed by atoms with Crippen molar-refractivity contribution in [1.82, 2.24) is 10.6 Å². The summed E-state index contributed by atoms with van der Waals surface area (Å²) in [5, 5.41) is 6.75. The number of ether oxygens (including phenoxy) is 1. The highest BCUT2D eigenvalue weighted by Gasteiger charge is 2.20. The number of para-hydroxylation sites is 1. The molecular formula is C20H26IN3O. The largest absolute Gasteiger partial charge is 0.489 e. The van der Waals surface area contributed by atoms with E-state index in [0.717, 1.165) is 30.7 Å². The molecule has 0 aliphatic heterocycles. The van der Waals surface area contributed by atoms with Gasteiger partial charge in [0.1, 0.15) is 12.4 Å². The van der Waals surface area contributed by atoms with Gasteiger partial charge in [-0.2, -0.15) is 0 Å². The zero-order chi connectivity index (χ0) is 16.6. The van der Waals surface area contributed by atoms with Gasteiger partial charge < -0.3 is 15.4 Å². The van der Waals surface area contributed by atoms with E-state index < -0.39 is 0 Å². The molecule has 1 fully saturated rings. The topological polar surface area (TPSA) is 45.7 Å². The Hall–Kier alpha value is -1.76. The summed E-state index contributed by atoms with van der Waals surface area (Å²) in [5.74, 6) is 2.60. The van der Waals surface area contributed by atoms with Crippen LogP contribution in [0.25, 0.3) is 0 Å². The average Bonchev–Trinajstić information content (AvgIpc) is 3.46. The van der Waals surface area contributed by atoms with E-state index in [4.69, 9.17) is 4.74 Å². The molecule has 25 heavy (non-hydrogen) atoms. The molecule has 0 radical (unpaired) electrons. The van der Waals surface area contributed by atoms with Gasteiger partial charge >= 0.3 is 0 Å². The molecule has 2 aromatic rings. The summed E-state index contributed by atoms with van der Waals surface area (Å²) in [4.78, 5) is 4.27. The van der Waals surface area contributed by atoms with Crippen molar-refractivity contribution in [2.24, 2.45) is 10.9 Å². The van der Waals surface area contributed by atoms with Gasteiger partial charge in [-0.05, 0) is 42.0 Å². The van der Waals surface area contributed by atoms with Crippen molar-refractivity contribution in [3.8, 4) is 5.75 Å². The summed E-state index contributed by atoms with van der Waals surface area (Å²) in [6.45, 7) is 2.35. The number of nitrogens with one attached hydrogen (secondary N) is 2. The van der Waals surface area contributed by atoms with Crippen LogP contribution in [0.2, 0.25) is 0 Å². The smallest absolute Gasteiger partial charge is 0.191 e. The van der Waals surface area contributed by atoms with Crippen molar-refractivity contribution >= 4 is 29.9 Å². The second-order valence-corrected chi connectivity index (χ2v) is 6.17. The molecular weight excluding hydrogens is 425 g/mol. The fourth-order valence-electron chi connectivity index (χ4n) is 2.48. The molecule has 0 atom stereocenters. The fraction of sp³-hybridized carbons (Fsp3) is 0.350. The van der Waals surface area contributed by atoms with Gasteiger partial charge in [-0.3, -0.25) is 4.99 Å². The van der Waals surface area contributed by atoms with Gasteiger partial charge in [0, 0.05) is 20.1 Å². The van der Waals surface area contributed by atoms with Crippen LogP contribution in [0.1, 0.15) is 24.0 Å². The van der Waals surface area contributed by atoms with Crippen LogP contribution in [0.15, 0.2) is 59.6 Å². The molecule has 0 bridgehead atoms. The van der Waals surface area contributed by atoms with Gasteiger partial charge in [-0.25, -0.2) is 0 Å². The molecule has 0 aromatic heterocycles. The molecule has 0 saturated heterocycles. The van der Waals surface area contributed by atoms with Crippen molar-refractivity contribution < 1.29 is 4.74 Å². The van der Waals surface area contributed by atoms with Crippen molar-refractivity contribution in [1.29, 1.82) is 0 Å². The summed E-state index contributed by atoms with van der Waals surface area (Å²) in [7, 11) is 1.81. The molecule has 1 aliphatic rings. The van der Waals surface area contributed by atoms with E-state index in [1.807, 2.05) is 37.4 Å². The van der Waals surface area contributed by atoms with Crippen molar-refractivity contribution in [2.75, 3.05) is 13.6 Å². The van der Waals surface area contributed by atoms with E-state index in [-0.39, 0.29) is 24.0 Å². The van der Waals surface area contributed by atoms with Gasteiger partial charge in [0.15, 0.2) is 5.96 Å². The number of benzene rings is 2. The summed E-state index contributed by atoms with van der Waals surface area (Å²) >= 11 is 0. The molecule has 5 heteroatoms. The standard InChI is InChI=1S/C20H25N3O.HI/c1-21-20(22-13-16-10-11-16)23-14-17-6-5-7-18(12-17)15-24-19-8-3-2-4-9-19;/h2-9,12,16H,10-11,13-15H2,1H3,(H2,21,22,23);1H. The number of hydrogen-bond donors (Lipinski definition) is 2. The Bertz CT molecular complexity index is 672. The zero-order valence-corrected chi connectivity index (χ0v) is 16.9. The zero-order valence-electron chi connectivity index (χ0n) is 14.6. The Balaban J connectivity index is 0.00000225. The van der Waals surface area contributed by atoms with Gasteiger partial charge in [0.25, 0.3) is 0 Å². The van der Waals surface area contributed by atoms with Crippen molar-refractivity contribution in [3.05, 3.63) is 65.7 Å². The first-order valence-corrected chi connectivity index (χ1v) is 8.53. The minimum absolute atomic E-state index is 0. The normalized spacial score (nSPS) is 13.7. The van der Waals surface area contributed by atoms with Crippen LogP contribution >= 0.6 is 24.0 Å². The number of nitrogens with zero attached hydrogens (tertiary/aromatic N) is 1. The van der Waals surface area contributed by atoms with E-state index in [1.54, 1.807) is 0 Å². The Kier molecular flexibility index (Phi) is 8.04. The first kappa shape index (κ1) is 19.6. The lowest BCUT2D eigenvalue weighted by Gasteiger charge is -2.12. The first-order valence-electron chi connectivity index (χ1n) is 8.53. The first-order chi connectivity index (χ1) is 11.8. The summed E-state index contributed by atoms with van der Waals surface area (Å²) in [6.07, 6.45) is 2.68. The quantitative estimate of drug-likeness (QED) is 0.381. The lowest BCUT2D eigenvalue weighted by atomic mass is 10.1. The van der Waals surface area contributed by atoms with Crippen LogP contribution in [-0.4, -0.2) is 19.6 Å². The van der Waals surface area contributed by atoms with Gasteiger partial charge in [-0.1, -0.05) is 42.5 Å². The minimum Gasteiger partial charge on any atom is -0.489 e. The highest BCUT2D eigenvalue weighted by Crippen LogP contribution is 2.27. The summed E-state index contributed by atoms with van der Waals surface area (Å²) in [5.41, 5.74) is 2.39. The molecule has 0 spiro atoms. The van der Waals surface area contributed by atoms with Crippen molar-refractivity contribution in [2.45, 2.75) is 26.0 Å². The molecule has 4 nitrogen and oxygen atoms in total. The molecule has 1 aliphatic carbocycles. The lowest BCUT2D eigenvalue weighted by molar-refractivity contribution is 0.306. The molecule has 0 unspecified atom stereocenters. The monoisotopic (exact) mass is 451 g/mol. The van der Waals surface area contributed by atoms with E-state index in [9.17, 15) is 0 Å². The molecule has 2 N–H and O–H groups in total. The van der Waals surface area contributed by atoms with E-state index >= 15 is 0 Å². The lowest BCUT2D eigenvalue weighted by Crippen LogP contribution is -2.37. The number of guanidine groups is 1. The third kappa shape index (κ3) is 6.94. The summed E-state index contributed by atoms with van der Waals surface area (Å²) in [6, 6.07) is 18.3. The predicted octanol–water partition coefficient (Wildman–Crippen LogP) is 3.96. The Morgan fingerprint density at radius 3 is 2.52 bits per heavy atom. The number of rotatable bonds is 7. The van der Waals surface area contributed by atoms with Crippen LogP contribution in [0.5, 0.6) is 5.75 Å². The second-order valence-electron chi connectivity index (χ2n) is 6.17. The van der Waals surface area contributed by atoms with Crippen LogP contribution < -0.4 is 15.4 Å². The fourth-order valence-corrected chi connectivity index (χ4v) is 2.48. The number of aliphatic imine (C=N–C) groups is 1. The van der Waals surface area contributed by atoms with Gasteiger partial charge in [0.2, 0.25) is 0 Å². The maximum Gasteiger partial charge on any atom is 0.191 e. The van der Waals surface area contributed by atoms with Crippen LogP contribution in [0, 0.1) is 5.92 Å². The minimum atomic E-state index is 0. The third-order valence-electron chi connectivity index (χ3n) is 4.08. The molecule has 3 rings (SSSR count). The third-order valence-corrected chi connectivity index (χ3v) is 4.08. The molecule has 1 saturated carbocycles. The maximum absolute atomic E-state index is 5.81. The molecule has 0 amide bonds. The molecule has 2 aromatic carbocycles. The Morgan fingerprint density at radius 1 is 1.04 bits per heavy atom. The van der Waals surface area contributed by atoms with Crippen LogP contribution in [0.4, 0.5) is 0 Å². The van der Waals surface area contributed by atoms with E-state index in [2.05, 4.69) is 39.9 Å². The average molecular weight is 451 g/mol. The number of halogens is 1. The Morgan fingerprint density at radius 2 is 1.80 bits per heavy atom. The Labute approximate surface area is 167 Å². The highest BCUT2D eigenvalue weighted by molar-refractivity contribution is 14.0. The molecule has 134 valence electrons. The van der Waals surface area contributed by atoms with Gasteiger partial charge in [0.05, 0.1) is 0 Å². The highest BCUT2D eigenvalue weighted by atomic mass is 127. The second kappa shape index (κ2) is 10.3. The van der Waals surface area contributed by atoms with E-state index in [1.165, 1.54) is 24.0 Å². The van der Waals surface area contributed by atoms with Crippen molar-refractivity contribution in [3.63, 3.8) is 0 Å². The summed E-state index contributed by atoms with van der Waals surface area (Å²) < 4.78 is 5.81. The van der Waals surface area contributed by atoms with Crippen LogP contribution in [-0.2, 0) is 13.2 Å². The van der Waals surface area contributed by atoms with E-state index in [0.29, 0.717) is 6.61 Å². The molecule has 0 heterocycles. The maximum atomic E-state index is 5.81. The van der Waals surface area contributed by atoms with Crippen LogP contribution in [0.3, 0.4) is 0 Å². The number of hydrogen-bond acceptors (Lipinski definition) is 2. The van der Waals surface area contributed by atoms with Gasteiger partial charge in [-0.15, -0.1) is 24.0 Å². The SMILES string of the molecule is CN=C(NCc1cccc(COc2ccccc2)c1)NCC1CC1.I.